The highest BCUT2D eigenvalue weighted by Gasteiger charge is 2.10. The van der Waals surface area contributed by atoms with Crippen molar-refractivity contribution in [1.29, 1.82) is 0 Å². The van der Waals surface area contributed by atoms with Gasteiger partial charge in [-0.15, -0.1) is 35.9 Å². The van der Waals surface area contributed by atoms with Crippen LogP contribution in [-0.4, -0.2) is 40.4 Å². The average Bonchev–Trinajstić information content (AvgIpc) is 2.84. The molecule has 0 atom stereocenters. The molecular formula is C12H18ClIN2S2. The molecule has 2 nitrogen and oxygen atoms in total. The number of rotatable bonds is 6. The Morgan fingerprint density at radius 3 is 2.94 bits per heavy atom. The standard InChI is InChI=1S/C12H17IN2S2.ClH/c13-11-3-4-12(14-9-11)17-7-2-1-5-15-6-8-16-10-15;/h3-4,9H,1-2,5-8,10H2;1H. The van der Waals surface area contributed by atoms with E-state index in [4.69, 9.17) is 0 Å². The summed E-state index contributed by atoms with van der Waals surface area (Å²) in [6.45, 7) is 2.56. The van der Waals surface area contributed by atoms with E-state index in [-0.39, 0.29) is 12.4 Å². The average molecular weight is 417 g/mol. The third-order valence-corrected chi connectivity index (χ3v) is 5.33. The maximum absolute atomic E-state index is 4.40. The van der Waals surface area contributed by atoms with Crippen molar-refractivity contribution in [1.82, 2.24) is 9.88 Å². The van der Waals surface area contributed by atoms with Gasteiger partial charge in [0.05, 0.1) is 5.03 Å². The minimum Gasteiger partial charge on any atom is -0.293 e. The Labute approximate surface area is 138 Å². The van der Waals surface area contributed by atoms with E-state index in [1.807, 2.05) is 18.0 Å². The van der Waals surface area contributed by atoms with Crippen LogP contribution in [0.15, 0.2) is 23.4 Å². The first kappa shape index (κ1) is 16.9. The van der Waals surface area contributed by atoms with Crippen molar-refractivity contribution in [3.8, 4) is 0 Å². The Morgan fingerprint density at radius 2 is 2.28 bits per heavy atom. The van der Waals surface area contributed by atoms with Crippen LogP contribution in [0.3, 0.4) is 0 Å². The first-order chi connectivity index (χ1) is 8.34. The van der Waals surface area contributed by atoms with Gasteiger partial charge in [0.1, 0.15) is 0 Å². The molecule has 0 bridgehead atoms. The zero-order chi connectivity index (χ0) is 11.9. The van der Waals surface area contributed by atoms with Crippen molar-refractivity contribution in [2.75, 3.05) is 30.5 Å². The van der Waals surface area contributed by atoms with Gasteiger partial charge in [0.25, 0.3) is 0 Å². The Morgan fingerprint density at radius 1 is 1.39 bits per heavy atom. The normalized spacial score (nSPS) is 15.6. The summed E-state index contributed by atoms with van der Waals surface area (Å²) >= 11 is 6.22. The summed E-state index contributed by atoms with van der Waals surface area (Å²) in [5.74, 6) is 3.75. The topological polar surface area (TPSA) is 16.1 Å². The molecule has 0 amide bonds. The van der Waals surface area contributed by atoms with Gasteiger partial charge in [0.2, 0.25) is 0 Å². The second kappa shape index (κ2) is 9.69. The smallest absolute Gasteiger partial charge is 0.0960 e. The molecule has 1 saturated heterocycles. The maximum Gasteiger partial charge on any atom is 0.0960 e. The van der Waals surface area contributed by atoms with Crippen molar-refractivity contribution in [3.63, 3.8) is 0 Å². The Bertz CT molecular complexity index is 331. The van der Waals surface area contributed by atoms with Crippen molar-refractivity contribution >= 4 is 58.5 Å². The molecule has 2 heterocycles. The molecule has 0 radical (unpaired) electrons. The monoisotopic (exact) mass is 416 g/mol. The summed E-state index contributed by atoms with van der Waals surface area (Å²) < 4.78 is 1.21. The number of halogens is 2. The van der Waals surface area contributed by atoms with E-state index in [0.29, 0.717) is 0 Å². The Hall–Kier alpha value is 0.830. The van der Waals surface area contributed by atoms with E-state index in [1.54, 1.807) is 0 Å². The van der Waals surface area contributed by atoms with Gasteiger partial charge >= 0.3 is 0 Å². The molecule has 1 aliphatic heterocycles. The molecule has 102 valence electrons. The van der Waals surface area contributed by atoms with E-state index in [2.05, 4.69) is 56.4 Å². The van der Waals surface area contributed by atoms with Crippen LogP contribution in [0.1, 0.15) is 12.8 Å². The first-order valence-electron chi connectivity index (χ1n) is 5.89. The van der Waals surface area contributed by atoms with Gasteiger partial charge < -0.3 is 0 Å². The van der Waals surface area contributed by atoms with Crippen LogP contribution in [0.2, 0.25) is 0 Å². The minimum absolute atomic E-state index is 0. The fourth-order valence-corrected chi connectivity index (χ4v) is 3.89. The first-order valence-corrected chi connectivity index (χ1v) is 9.11. The molecule has 2 rings (SSSR count). The van der Waals surface area contributed by atoms with E-state index in [9.17, 15) is 0 Å². The SMILES string of the molecule is Cl.Ic1ccc(SCCCCN2CCSC2)nc1. The van der Waals surface area contributed by atoms with Gasteiger partial charge in [-0.3, -0.25) is 4.90 Å². The molecule has 0 aromatic carbocycles. The zero-order valence-electron chi connectivity index (χ0n) is 10.2. The van der Waals surface area contributed by atoms with Crippen LogP contribution in [0, 0.1) is 3.57 Å². The molecule has 0 spiro atoms. The minimum atomic E-state index is 0. The quantitative estimate of drug-likeness (QED) is 0.396. The Balaban J connectivity index is 0.00000162. The van der Waals surface area contributed by atoms with Crippen molar-refractivity contribution in [2.24, 2.45) is 0 Å². The molecule has 0 unspecified atom stereocenters. The van der Waals surface area contributed by atoms with Crippen molar-refractivity contribution < 1.29 is 0 Å². The summed E-state index contributed by atoms with van der Waals surface area (Å²) in [5, 5.41) is 1.15. The fraction of sp³-hybridized carbons (Fsp3) is 0.583. The molecule has 18 heavy (non-hydrogen) atoms. The molecule has 1 aliphatic rings. The number of thioether (sulfide) groups is 2. The van der Waals surface area contributed by atoms with Gasteiger partial charge in [-0.1, -0.05) is 0 Å². The van der Waals surface area contributed by atoms with Gasteiger partial charge in [-0.2, -0.15) is 0 Å². The summed E-state index contributed by atoms with van der Waals surface area (Å²) in [6.07, 6.45) is 4.54. The largest absolute Gasteiger partial charge is 0.293 e. The van der Waals surface area contributed by atoms with Gasteiger partial charge in [0, 0.05) is 27.9 Å². The predicted molar refractivity (Wildman–Crippen MR) is 93.1 cm³/mol. The lowest BCUT2D eigenvalue weighted by Gasteiger charge is -2.12. The second-order valence-corrected chi connectivity index (χ2v) is 7.46. The molecule has 0 aliphatic carbocycles. The van der Waals surface area contributed by atoms with Gasteiger partial charge in [-0.05, 0) is 59.9 Å². The van der Waals surface area contributed by atoms with Crippen LogP contribution in [0.4, 0.5) is 0 Å². The third kappa shape index (κ3) is 6.32. The summed E-state index contributed by atoms with van der Waals surface area (Å²) in [7, 11) is 0. The summed E-state index contributed by atoms with van der Waals surface area (Å²) in [6, 6.07) is 4.24. The lowest BCUT2D eigenvalue weighted by atomic mass is 10.3. The van der Waals surface area contributed by atoms with Crippen LogP contribution >= 0.6 is 58.5 Å². The van der Waals surface area contributed by atoms with Crippen LogP contribution in [-0.2, 0) is 0 Å². The lowest BCUT2D eigenvalue weighted by molar-refractivity contribution is 0.349. The number of hydrogen-bond donors (Lipinski definition) is 0. The molecule has 1 aromatic rings. The van der Waals surface area contributed by atoms with Crippen molar-refractivity contribution in [3.05, 3.63) is 21.9 Å². The van der Waals surface area contributed by atoms with Gasteiger partial charge in [0.15, 0.2) is 0 Å². The molecule has 1 aromatic heterocycles. The number of pyridine rings is 1. The Kier molecular flexibility index (Phi) is 9.09. The number of unbranched alkanes of at least 4 members (excludes halogenated alkanes) is 1. The molecule has 0 N–H and O–H groups in total. The lowest BCUT2D eigenvalue weighted by Crippen LogP contribution is -2.20. The van der Waals surface area contributed by atoms with Crippen LogP contribution in [0.25, 0.3) is 0 Å². The number of hydrogen-bond acceptors (Lipinski definition) is 4. The summed E-state index contributed by atoms with van der Waals surface area (Å²) in [5.41, 5.74) is 0. The molecule has 6 heteroatoms. The predicted octanol–water partition coefficient (Wildman–Crippen LogP) is 3.99. The highest BCUT2D eigenvalue weighted by Crippen LogP contribution is 2.18. The maximum atomic E-state index is 4.40. The number of aromatic nitrogens is 1. The fourth-order valence-electron chi connectivity index (χ4n) is 1.69. The molecule has 1 fully saturated rings. The van der Waals surface area contributed by atoms with E-state index < -0.39 is 0 Å². The van der Waals surface area contributed by atoms with Gasteiger partial charge in [-0.25, -0.2) is 4.98 Å². The van der Waals surface area contributed by atoms with Crippen molar-refractivity contribution in [2.45, 2.75) is 17.9 Å². The second-order valence-electron chi connectivity index (χ2n) is 4.03. The van der Waals surface area contributed by atoms with E-state index >= 15 is 0 Å². The van der Waals surface area contributed by atoms with Crippen LogP contribution < -0.4 is 0 Å². The summed E-state index contributed by atoms with van der Waals surface area (Å²) in [4.78, 5) is 6.95. The zero-order valence-corrected chi connectivity index (χ0v) is 14.8. The molecule has 0 saturated carbocycles. The van der Waals surface area contributed by atoms with Crippen LogP contribution in [0.5, 0.6) is 0 Å². The highest BCUT2D eigenvalue weighted by atomic mass is 127. The molecular weight excluding hydrogens is 399 g/mol. The van der Waals surface area contributed by atoms with E-state index in [0.717, 1.165) is 5.03 Å². The third-order valence-electron chi connectivity index (χ3n) is 2.64. The number of nitrogens with zero attached hydrogens (tertiary/aromatic N) is 2. The highest BCUT2D eigenvalue weighted by molar-refractivity contribution is 14.1. The van der Waals surface area contributed by atoms with E-state index in [1.165, 1.54) is 46.9 Å².